The molecule has 0 aliphatic carbocycles. The molecule has 2 aliphatic rings. The fourth-order valence-corrected chi connectivity index (χ4v) is 8.96. The number of hydrogen-bond acceptors (Lipinski definition) is 9. The highest BCUT2D eigenvalue weighted by Crippen LogP contribution is 2.37. The number of likely N-dealkylation sites (tertiary alicyclic amines) is 2. The van der Waals surface area contributed by atoms with E-state index in [4.69, 9.17) is 9.15 Å². The Kier molecular flexibility index (Phi) is 11.4. The molecule has 330 valence electrons. The number of rotatable bonds is 10. The number of fused-ring (bicyclic) bond motifs is 4. The zero-order valence-electron chi connectivity index (χ0n) is 35.5. The molecule has 6 aromatic rings. The van der Waals surface area contributed by atoms with Gasteiger partial charge in [0.1, 0.15) is 47.2 Å². The van der Waals surface area contributed by atoms with E-state index in [1.54, 1.807) is 64.4 Å². The number of hydrogen-bond donors (Lipinski definition) is 4. The molecular weight excluding hydrogens is 819 g/mol. The molecule has 2 aliphatic heterocycles. The van der Waals surface area contributed by atoms with Crippen molar-refractivity contribution >= 4 is 56.7 Å². The number of halogens is 2. The number of alkyl carbamates (subject to hydrolysis) is 1. The van der Waals surface area contributed by atoms with Gasteiger partial charge in [-0.05, 0) is 52.9 Å². The lowest BCUT2D eigenvalue weighted by Crippen LogP contribution is -2.51. The number of H-pyrrole nitrogens is 2. The Morgan fingerprint density at radius 2 is 1.40 bits per heavy atom. The first-order chi connectivity index (χ1) is 30.0. The lowest BCUT2D eigenvalue weighted by Gasteiger charge is -2.33. The maximum Gasteiger partial charge on any atom is 0.407 e. The van der Waals surface area contributed by atoms with Gasteiger partial charge in [-0.15, -0.1) is 0 Å². The third-order valence-corrected chi connectivity index (χ3v) is 12.2. The number of imidazole rings is 2. The first-order valence-corrected chi connectivity index (χ1v) is 20.8. The molecule has 4 N–H and O–H groups in total. The topological polar surface area (TPSA) is 207 Å². The van der Waals surface area contributed by atoms with Crippen LogP contribution in [0, 0.1) is 11.8 Å². The van der Waals surface area contributed by atoms with Crippen molar-refractivity contribution in [3.63, 3.8) is 0 Å². The van der Waals surface area contributed by atoms with Crippen molar-refractivity contribution < 1.29 is 42.2 Å². The number of carbonyl (C=O) groups is 4. The van der Waals surface area contributed by atoms with Gasteiger partial charge >= 0.3 is 12.2 Å². The number of carbonyl (C=O) groups excluding carboxylic acids is 3. The third kappa shape index (κ3) is 7.93. The summed E-state index contributed by atoms with van der Waals surface area (Å²) < 4.78 is 40.8. The van der Waals surface area contributed by atoms with E-state index in [9.17, 15) is 37.9 Å². The maximum atomic E-state index is 14.9. The molecule has 16 nitrogen and oxygen atoms in total. The van der Waals surface area contributed by atoms with Gasteiger partial charge in [-0.3, -0.25) is 19.3 Å². The molecule has 0 spiro atoms. The zero-order valence-corrected chi connectivity index (χ0v) is 35.5. The van der Waals surface area contributed by atoms with Gasteiger partial charge in [-0.2, -0.15) is 0 Å². The maximum absolute atomic E-state index is 14.9. The Bertz CT molecular complexity index is 2820. The van der Waals surface area contributed by atoms with Crippen LogP contribution >= 0.6 is 0 Å². The van der Waals surface area contributed by atoms with Gasteiger partial charge < -0.3 is 39.3 Å². The Morgan fingerprint density at radius 3 is 1.97 bits per heavy atom. The Balaban J connectivity index is 1.07. The summed E-state index contributed by atoms with van der Waals surface area (Å²) in [5.74, 6) is -0.857. The van der Waals surface area contributed by atoms with Crippen LogP contribution in [0.2, 0.25) is 0 Å². The number of nitrogens with zero attached hydrogens (tertiary/aromatic N) is 5. The second-order valence-corrected chi connectivity index (χ2v) is 17.0. The number of carboxylic acid groups (broad SMARTS) is 1. The van der Waals surface area contributed by atoms with Gasteiger partial charge in [-0.1, -0.05) is 45.9 Å². The number of ether oxygens (including phenoxy) is 1. The van der Waals surface area contributed by atoms with E-state index in [0.717, 1.165) is 15.8 Å². The molecule has 0 saturated carbocycles. The third-order valence-electron chi connectivity index (χ3n) is 12.2. The fraction of sp³-hybridized carbons (Fsp3) is 0.400. The number of aromatic amines is 2. The van der Waals surface area contributed by atoms with E-state index in [2.05, 4.69) is 25.3 Å². The average molecular weight is 867 g/mol. The van der Waals surface area contributed by atoms with Gasteiger partial charge in [0.05, 0.1) is 66.8 Å². The van der Waals surface area contributed by atoms with Gasteiger partial charge in [0.25, 0.3) is 0 Å². The molecule has 3 aromatic heterocycles. The Labute approximate surface area is 359 Å². The average Bonchev–Trinajstić information content (AvgIpc) is 4.08. The summed E-state index contributed by atoms with van der Waals surface area (Å²) in [5.41, 5.74) is 2.97. The molecule has 18 heteroatoms. The minimum absolute atomic E-state index is 0.00711. The van der Waals surface area contributed by atoms with Crippen LogP contribution in [0.25, 0.3) is 55.2 Å². The summed E-state index contributed by atoms with van der Waals surface area (Å²) in [7, 11) is 2.53. The first kappa shape index (κ1) is 42.8. The molecule has 6 atom stereocenters. The number of likely N-dealkylation sites (N-methyl/N-ethyl adjacent to an activating group) is 1. The van der Waals surface area contributed by atoms with E-state index in [1.165, 1.54) is 24.0 Å². The zero-order chi connectivity index (χ0) is 45.0. The highest BCUT2D eigenvalue weighted by Gasteiger charge is 2.44. The summed E-state index contributed by atoms with van der Waals surface area (Å²) in [4.78, 5) is 84.7. The van der Waals surface area contributed by atoms with Crippen LogP contribution in [0.5, 0.6) is 0 Å². The number of nitrogens with one attached hydrogen (secondary N) is 3. The summed E-state index contributed by atoms with van der Waals surface area (Å²) in [6.45, 7) is 6.69. The fourth-order valence-electron chi connectivity index (χ4n) is 8.96. The molecule has 63 heavy (non-hydrogen) atoms. The van der Waals surface area contributed by atoms with Crippen LogP contribution in [0.3, 0.4) is 0 Å². The summed E-state index contributed by atoms with van der Waals surface area (Å²) in [6, 6.07) is 10.9. The highest BCUT2D eigenvalue weighted by molar-refractivity contribution is 6.09. The lowest BCUT2D eigenvalue weighted by molar-refractivity contribution is -0.139. The number of aromatic nitrogens is 4. The van der Waals surface area contributed by atoms with Gasteiger partial charge in [0, 0.05) is 31.0 Å². The minimum atomic E-state index is -1.31. The molecule has 0 bridgehead atoms. The summed E-state index contributed by atoms with van der Waals surface area (Å²) >= 11 is 0. The largest absolute Gasteiger partial charge is 0.465 e. The lowest BCUT2D eigenvalue weighted by atomic mass is 10.00. The van der Waals surface area contributed by atoms with Crippen LogP contribution < -0.4 is 10.7 Å². The predicted molar refractivity (Wildman–Crippen MR) is 229 cm³/mol. The SMILES string of the molecule is COC(=O)NC(C(=O)N1C[C@H](F)C[C@H]1c1ncc(-c2ccc3oc4ccc5cc(-c6cnc([C@@H]7C[C@@H](F)CN7C(=O)C(C(C)C)N(C)C(=O)O)[nH]6)ccc5c4c(=O)c3c2)[nH]1)C(C)C. The smallest absolute Gasteiger partial charge is 0.407 e. The minimum Gasteiger partial charge on any atom is -0.465 e. The molecule has 0 radical (unpaired) electrons. The van der Waals surface area contributed by atoms with E-state index < -0.39 is 60.5 Å². The quantitative estimate of drug-likeness (QED) is 0.0810. The van der Waals surface area contributed by atoms with E-state index in [-0.39, 0.29) is 43.2 Å². The number of alkyl halides is 2. The van der Waals surface area contributed by atoms with Crippen molar-refractivity contribution in [2.24, 2.45) is 11.8 Å². The van der Waals surface area contributed by atoms with Crippen molar-refractivity contribution in [2.45, 2.75) is 77.0 Å². The van der Waals surface area contributed by atoms with Crippen molar-refractivity contribution in [3.05, 3.63) is 82.8 Å². The molecule has 2 saturated heterocycles. The van der Waals surface area contributed by atoms with Crippen molar-refractivity contribution in [2.75, 3.05) is 27.2 Å². The van der Waals surface area contributed by atoms with E-state index in [1.807, 2.05) is 24.3 Å². The molecule has 5 heterocycles. The second kappa shape index (κ2) is 16.8. The van der Waals surface area contributed by atoms with E-state index >= 15 is 0 Å². The number of amides is 4. The highest BCUT2D eigenvalue weighted by atomic mass is 19.1. The number of methoxy groups -OCH3 is 1. The molecule has 4 amide bonds. The van der Waals surface area contributed by atoms with E-state index in [0.29, 0.717) is 55.9 Å². The first-order valence-electron chi connectivity index (χ1n) is 20.8. The monoisotopic (exact) mass is 866 g/mol. The molecule has 2 unspecified atom stereocenters. The predicted octanol–water partition coefficient (Wildman–Crippen LogP) is 7.12. The molecule has 3 aromatic carbocycles. The second-order valence-electron chi connectivity index (χ2n) is 17.0. The standard InChI is InChI=1S/C45H48F2N8O8/c1-21(2)37(52-44(59)62-6)42(57)54-19-26(46)15-32(54)40-49-18-31(51-40)25-9-11-34-29(14-25)39(56)36-28-10-7-24(13-23(28)8-12-35(36)63-34)30-17-48-41(50-30)33-16-27(47)20-55(33)43(58)38(22(3)4)53(5)45(60)61/h7-14,17-18,21-22,26-27,32-33,37-38H,15-16,19-20H2,1-6H3,(H,48,50)(H,49,51)(H,52,59)(H,60,61)/t26-,27-,32+,33+,37?,38?/m1/s1. The summed E-state index contributed by atoms with van der Waals surface area (Å²) in [6.07, 6.45) is -1.45. The van der Waals surface area contributed by atoms with Crippen LogP contribution in [-0.4, -0.2) is 115 Å². The van der Waals surface area contributed by atoms with Crippen LogP contribution in [0.1, 0.15) is 64.3 Å². The normalized spacial score (nSPS) is 20.0. The van der Waals surface area contributed by atoms with Crippen LogP contribution in [0.15, 0.2) is 70.1 Å². The molecular formula is C45H48F2N8O8. The van der Waals surface area contributed by atoms with Crippen LogP contribution in [0.4, 0.5) is 18.4 Å². The Hall–Kier alpha value is -6.85. The van der Waals surface area contributed by atoms with Crippen molar-refractivity contribution in [1.82, 2.24) is 40.0 Å². The van der Waals surface area contributed by atoms with Gasteiger partial charge in [-0.25, -0.2) is 28.3 Å². The number of benzene rings is 3. The van der Waals surface area contributed by atoms with Gasteiger partial charge in [0.2, 0.25) is 17.2 Å². The van der Waals surface area contributed by atoms with Crippen LogP contribution in [-0.2, 0) is 14.3 Å². The van der Waals surface area contributed by atoms with Gasteiger partial charge in [0.15, 0.2) is 0 Å². The summed E-state index contributed by atoms with van der Waals surface area (Å²) in [5, 5.41) is 14.2. The molecule has 8 rings (SSSR count). The Morgan fingerprint density at radius 1 is 0.825 bits per heavy atom. The van der Waals surface area contributed by atoms with Crippen molar-refractivity contribution in [3.8, 4) is 22.5 Å². The molecule has 2 fully saturated rings. The van der Waals surface area contributed by atoms with Crippen molar-refractivity contribution in [1.29, 1.82) is 0 Å².